The summed E-state index contributed by atoms with van der Waals surface area (Å²) in [6, 6.07) is 0.443. The molecule has 0 saturated carbocycles. The third-order valence-corrected chi connectivity index (χ3v) is 6.10. The molecule has 0 unspecified atom stereocenters. The Morgan fingerprint density at radius 1 is 1.23 bits per heavy atom. The van der Waals surface area contributed by atoms with Gasteiger partial charge in [0.15, 0.2) is 0 Å². The second-order valence-electron chi connectivity index (χ2n) is 6.24. The standard InChI is InChI=1S/C16H23N5S/c1-2-15-18-12-7-5-6-11(16(12)22-15)17-10-14-20-19-13-8-3-4-9-21(13)14/h11,17H,2-10H2,1H3/t11-/m0/s1. The molecule has 0 saturated heterocycles. The lowest BCUT2D eigenvalue weighted by molar-refractivity contribution is 0.439. The fraction of sp³-hybridized carbons (Fsp3) is 0.688. The molecule has 0 spiro atoms. The fourth-order valence-corrected chi connectivity index (χ4v) is 4.69. The van der Waals surface area contributed by atoms with Crippen LogP contribution in [0.4, 0.5) is 0 Å². The molecule has 22 heavy (non-hydrogen) atoms. The molecule has 1 aliphatic heterocycles. The van der Waals surface area contributed by atoms with Crippen LogP contribution in [0.15, 0.2) is 0 Å². The predicted octanol–water partition coefficient (Wildman–Crippen LogP) is 2.80. The lowest BCUT2D eigenvalue weighted by Crippen LogP contribution is -2.26. The van der Waals surface area contributed by atoms with Gasteiger partial charge in [0, 0.05) is 23.9 Å². The van der Waals surface area contributed by atoms with Crippen molar-refractivity contribution >= 4 is 11.3 Å². The van der Waals surface area contributed by atoms with Crippen molar-refractivity contribution in [3.05, 3.63) is 27.2 Å². The van der Waals surface area contributed by atoms with Crippen molar-refractivity contribution in [2.24, 2.45) is 0 Å². The molecule has 0 aromatic carbocycles. The minimum atomic E-state index is 0.443. The molecular weight excluding hydrogens is 294 g/mol. The highest BCUT2D eigenvalue weighted by Gasteiger charge is 2.25. The molecule has 5 nitrogen and oxygen atoms in total. The number of nitrogens with one attached hydrogen (secondary N) is 1. The van der Waals surface area contributed by atoms with Crippen molar-refractivity contribution in [2.75, 3.05) is 0 Å². The van der Waals surface area contributed by atoms with Crippen LogP contribution in [-0.2, 0) is 32.4 Å². The van der Waals surface area contributed by atoms with E-state index in [1.165, 1.54) is 47.1 Å². The van der Waals surface area contributed by atoms with E-state index in [2.05, 4.69) is 27.0 Å². The number of thiazole rings is 1. The van der Waals surface area contributed by atoms with Crippen molar-refractivity contribution < 1.29 is 0 Å². The van der Waals surface area contributed by atoms with Gasteiger partial charge in [-0.15, -0.1) is 21.5 Å². The van der Waals surface area contributed by atoms with Crippen molar-refractivity contribution in [1.82, 2.24) is 25.1 Å². The average Bonchev–Trinajstić information content (AvgIpc) is 3.16. The summed E-state index contributed by atoms with van der Waals surface area (Å²) < 4.78 is 2.31. The van der Waals surface area contributed by atoms with Crippen LogP contribution in [0.25, 0.3) is 0 Å². The molecule has 1 aliphatic carbocycles. The molecule has 2 aliphatic rings. The molecule has 2 aromatic heterocycles. The molecule has 1 atom stereocenters. The van der Waals surface area contributed by atoms with Crippen LogP contribution in [0, 0.1) is 0 Å². The van der Waals surface area contributed by atoms with Crippen LogP contribution < -0.4 is 5.32 Å². The quantitative estimate of drug-likeness (QED) is 0.942. The molecule has 0 fully saturated rings. The monoisotopic (exact) mass is 317 g/mol. The van der Waals surface area contributed by atoms with E-state index in [-0.39, 0.29) is 0 Å². The number of hydrogen-bond acceptors (Lipinski definition) is 5. The maximum Gasteiger partial charge on any atom is 0.147 e. The summed E-state index contributed by atoms with van der Waals surface area (Å²) >= 11 is 1.89. The van der Waals surface area contributed by atoms with Crippen LogP contribution in [0.5, 0.6) is 0 Å². The summed E-state index contributed by atoms with van der Waals surface area (Å²) in [5.41, 5.74) is 1.33. The highest BCUT2D eigenvalue weighted by molar-refractivity contribution is 7.11. The van der Waals surface area contributed by atoms with E-state index in [9.17, 15) is 0 Å². The number of rotatable bonds is 4. The number of aryl methyl sites for hydroxylation is 3. The van der Waals surface area contributed by atoms with Crippen LogP contribution >= 0.6 is 11.3 Å². The molecule has 0 amide bonds. The highest BCUT2D eigenvalue weighted by atomic mass is 32.1. The van der Waals surface area contributed by atoms with E-state index >= 15 is 0 Å². The largest absolute Gasteiger partial charge is 0.314 e. The van der Waals surface area contributed by atoms with Crippen molar-refractivity contribution in [2.45, 2.75) is 71.0 Å². The van der Waals surface area contributed by atoms with Crippen LogP contribution in [0.2, 0.25) is 0 Å². The minimum absolute atomic E-state index is 0.443. The molecule has 0 radical (unpaired) electrons. The van der Waals surface area contributed by atoms with Gasteiger partial charge in [-0.25, -0.2) is 4.98 Å². The molecule has 2 aromatic rings. The van der Waals surface area contributed by atoms with Crippen LogP contribution in [0.3, 0.4) is 0 Å². The van der Waals surface area contributed by atoms with Gasteiger partial charge in [0.05, 0.1) is 17.2 Å². The fourth-order valence-electron chi connectivity index (χ4n) is 3.53. The molecule has 6 heteroatoms. The SMILES string of the molecule is CCc1nc2c(s1)[C@@H](NCc1nnc3n1CCCC3)CCC2. The maximum absolute atomic E-state index is 4.78. The van der Waals surface area contributed by atoms with Gasteiger partial charge in [-0.2, -0.15) is 0 Å². The molecule has 1 N–H and O–H groups in total. The number of aromatic nitrogens is 4. The van der Waals surface area contributed by atoms with E-state index in [1.54, 1.807) is 0 Å². The Balaban J connectivity index is 1.48. The van der Waals surface area contributed by atoms with E-state index in [4.69, 9.17) is 4.98 Å². The van der Waals surface area contributed by atoms with Gasteiger partial charge in [-0.3, -0.25) is 0 Å². The second-order valence-corrected chi connectivity index (χ2v) is 7.35. The topological polar surface area (TPSA) is 55.6 Å². The van der Waals surface area contributed by atoms with Gasteiger partial charge in [0.1, 0.15) is 11.6 Å². The third-order valence-electron chi connectivity index (χ3n) is 4.74. The highest BCUT2D eigenvalue weighted by Crippen LogP contribution is 2.34. The lowest BCUT2D eigenvalue weighted by Gasteiger charge is -2.23. The summed E-state index contributed by atoms with van der Waals surface area (Å²) in [6.45, 7) is 4.08. The third kappa shape index (κ3) is 2.58. The van der Waals surface area contributed by atoms with Gasteiger partial charge in [0.2, 0.25) is 0 Å². The first-order chi connectivity index (χ1) is 10.8. The van der Waals surface area contributed by atoms with E-state index in [0.29, 0.717) is 6.04 Å². The predicted molar refractivity (Wildman–Crippen MR) is 87.0 cm³/mol. The van der Waals surface area contributed by atoms with Crippen LogP contribution in [-0.4, -0.2) is 19.7 Å². The molecule has 0 bridgehead atoms. The zero-order valence-corrected chi connectivity index (χ0v) is 14.0. The number of fused-ring (bicyclic) bond motifs is 2. The zero-order valence-electron chi connectivity index (χ0n) is 13.1. The molecule has 118 valence electrons. The summed E-state index contributed by atoms with van der Waals surface area (Å²) in [5, 5.41) is 13.7. The Kier molecular flexibility index (Phi) is 3.96. The summed E-state index contributed by atoms with van der Waals surface area (Å²) in [6.07, 6.45) is 8.20. The number of nitrogens with zero attached hydrogens (tertiary/aromatic N) is 4. The average molecular weight is 317 g/mol. The first-order valence-electron chi connectivity index (χ1n) is 8.48. The van der Waals surface area contributed by atoms with Crippen LogP contribution in [0.1, 0.15) is 65.9 Å². The maximum atomic E-state index is 4.78. The first-order valence-corrected chi connectivity index (χ1v) is 9.29. The molecule has 4 rings (SSSR count). The Morgan fingerprint density at radius 3 is 3.09 bits per heavy atom. The van der Waals surface area contributed by atoms with Gasteiger partial charge < -0.3 is 9.88 Å². The smallest absolute Gasteiger partial charge is 0.147 e. The normalized spacial score (nSPS) is 20.7. The Labute approximate surface area is 135 Å². The Hall–Kier alpha value is -1.27. The first kappa shape index (κ1) is 14.3. The summed E-state index contributed by atoms with van der Waals surface area (Å²) in [4.78, 5) is 6.24. The minimum Gasteiger partial charge on any atom is -0.314 e. The summed E-state index contributed by atoms with van der Waals surface area (Å²) in [7, 11) is 0. The molecule has 3 heterocycles. The summed E-state index contributed by atoms with van der Waals surface area (Å²) in [5.74, 6) is 2.26. The van der Waals surface area contributed by atoms with Gasteiger partial charge in [0.25, 0.3) is 0 Å². The molecular formula is C16H23N5S. The number of hydrogen-bond donors (Lipinski definition) is 1. The zero-order chi connectivity index (χ0) is 14.9. The van der Waals surface area contributed by atoms with Crippen molar-refractivity contribution in [3.63, 3.8) is 0 Å². The Morgan fingerprint density at radius 2 is 2.18 bits per heavy atom. The van der Waals surface area contributed by atoms with E-state index < -0.39 is 0 Å². The van der Waals surface area contributed by atoms with Crippen molar-refractivity contribution in [1.29, 1.82) is 0 Å². The van der Waals surface area contributed by atoms with Gasteiger partial charge in [-0.05, 0) is 38.5 Å². The van der Waals surface area contributed by atoms with E-state index in [1.807, 2.05) is 11.3 Å². The Bertz CT molecular complexity index is 660. The lowest BCUT2D eigenvalue weighted by atomic mass is 9.98. The van der Waals surface area contributed by atoms with Crippen molar-refractivity contribution in [3.8, 4) is 0 Å². The van der Waals surface area contributed by atoms with Gasteiger partial charge >= 0.3 is 0 Å². The van der Waals surface area contributed by atoms with Gasteiger partial charge in [-0.1, -0.05) is 6.92 Å². The van der Waals surface area contributed by atoms with E-state index in [0.717, 1.165) is 38.2 Å². The second kappa shape index (κ2) is 6.08.